The van der Waals surface area contributed by atoms with Crippen LogP contribution in [0.3, 0.4) is 0 Å². The van der Waals surface area contributed by atoms with Crippen LogP contribution in [0.4, 0.5) is 0 Å². The number of hydrogen-bond donors (Lipinski definition) is 2. The van der Waals surface area contributed by atoms with Crippen molar-refractivity contribution < 1.29 is 10.2 Å². The molecule has 0 saturated heterocycles. The molecule has 0 fully saturated rings. The highest BCUT2D eigenvalue weighted by molar-refractivity contribution is 5.28. The van der Waals surface area contributed by atoms with Crippen LogP contribution >= 0.6 is 0 Å². The molecule has 0 atom stereocenters. The molecular weight excluding hydrogens is 212 g/mol. The predicted octanol–water partition coefficient (Wildman–Crippen LogP) is 2.92. The van der Waals surface area contributed by atoms with E-state index in [9.17, 15) is 0 Å². The summed E-state index contributed by atoms with van der Waals surface area (Å²) in [5, 5.41) is 17.5. The Hall–Kier alpha value is -1.38. The molecule has 0 bridgehead atoms. The molecule has 0 unspecified atom stereocenters. The van der Waals surface area contributed by atoms with Gasteiger partial charge in [-0.25, -0.2) is 0 Å². The van der Waals surface area contributed by atoms with Gasteiger partial charge < -0.3 is 10.2 Å². The number of hydrogen-bond acceptors (Lipinski definition) is 2. The molecule has 0 rings (SSSR count). The second kappa shape index (κ2) is 9.82. The Morgan fingerprint density at radius 3 is 2.06 bits per heavy atom. The summed E-state index contributed by atoms with van der Waals surface area (Å²) in [5.74, 6) is 0. The molecule has 0 aliphatic carbocycles. The molecule has 0 aromatic rings. The fourth-order valence-corrected chi connectivity index (χ4v) is 1.19. The van der Waals surface area contributed by atoms with Gasteiger partial charge in [-0.15, -0.1) is 0 Å². The lowest BCUT2D eigenvalue weighted by Gasteiger charge is -1.94. The second-order valence-corrected chi connectivity index (χ2v) is 3.94. The quantitative estimate of drug-likeness (QED) is 0.694. The molecule has 2 nitrogen and oxygen atoms in total. The monoisotopic (exact) mass is 234 g/mol. The first-order valence-corrected chi connectivity index (χ1v) is 5.67. The van der Waals surface area contributed by atoms with E-state index in [2.05, 4.69) is 0 Å². The van der Waals surface area contributed by atoms with Crippen LogP contribution in [0.2, 0.25) is 0 Å². The lowest BCUT2D eigenvalue weighted by atomic mass is 10.2. The largest absolute Gasteiger partial charge is 0.392 e. The van der Waals surface area contributed by atoms with Gasteiger partial charge in [0.15, 0.2) is 0 Å². The summed E-state index contributed by atoms with van der Waals surface area (Å²) < 4.78 is 0. The molecule has 0 spiro atoms. The second-order valence-electron chi connectivity index (χ2n) is 3.94. The molecule has 0 amide bonds. The lowest BCUT2D eigenvalue weighted by molar-refractivity contribution is 0.331. The Morgan fingerprint density at radius 2 is 1.53 bits per heavy atom. The summed E-state index contributed by atoms with van der Waals surface area (Å²) in [4.78, 5) is 0. The highest BCUT2D eigenvalue weighted by Crippen LogP contribution is 2.01. The summed E-state index contributed by atoms with van der Waals surface area (Å²) in [6.07, 6.45) is 13.4. The van der Waals surface area contributed by atoms with Crippen molar-refractivity contribution >= 4 is 0 Å². The van der Waals surface area contributed by atoms with Crippen LogP contribution in [-0.2, 0) is 0 Å². The van der Waals surface area contributed by atoms with Gasteiger partial charge in [-0.2, -0.15) is 0 Å². The average Bonchev–Trinajstić information content (AvgIpc) is 2.31. The van der Waals surface area contributed by atoms with Crippen LogP contribution in [0.15, 0.2) is 59.3 Å². The highest BCUT2D eigenvalue weighted by Gasteiger charge is 1.85. The van der Waals surface area contributed by atoms with Gasteiger partial charge in [0.1, 0.15) is 0 Å². The first-order chi connectivity index (χ1) is 8.10. The maximum atomic E-state index is 8.86. The molecule has 0 saturated carbocycles. The third kappa shape index (κ3) is 9.54. The van der Waals surface area contributed by atoms with Crippen molar-refractivity contribution in [3.05, 3.63) is 59.3 Å². The van der Waals surface area contributed by atoms with Crippen molar-refractivity contribution in [3.63, 3.8) is 0 Å². The Labute approximate surface area is 104 Å². The van der Waals surface area contributed by atoms with E-state index in [4.69, 9.17) is 10.2 Å². The Morgan fingerprint density at radius 1 is 0.941 bits per heavy atom. The zero-order valence-electron chi connectivity index (χ0n) is 10.9. The molecule has 0 aromatic carbocycles. The minimum atomic E-state index is 0.0686. The van der Waals surface area contributed by atoms with Gasteiger partial charge in [0.25, 0.3) is 0 Å². The molecule has 0 aliphatic heterocycles. The van der Waals surface area contributed by atoms with Gasteiger partial charge in [-0.3, -0.25) is 0 Å². The van der Waals surface area contributed by atoms with Crippen LogP contribution in [0, 0.1) is 0 Å². The molecule has 2 heteroatoms. The van der Waals surface area contributed by atoms with E-state index in [-0.39, 0.29) is 13.2 Å². The zero-order valence-corrected chi connectivity index (χ0v) is 10.9. The average molecular weight is 234 g/mol. The van der Waals surface area contributed by atoms with E-state index in [1.807, 2.05) is 57.2 Å². The predicted molar refractivity (Wildman–Crippen MR) is 73.7 cm³/mol. The molecule has 0 radical (unpaired) electrons. The first kappa shape index (κ1) is 15.6. The smallest absolute Gasteiger partial charge is 0.0642 e. The minimum absolute atomic E-state index is 0.0686. The lowest BCUT2D eigenvalue weighted by Crippen LogP contribution is -1.83. The normalized spacial score (nSPS) is 15.2. The molecule has 2 N–H and O–H groups in total. The van der Waals surface area contributed by atoms with E-state index < -0.39 is 0 Å². The van der Waals surface area contributed by atoms with Crippen molar-refractivity contribution in [1.29, 1.82) is 0 Å². The minimum Gasteiger partial charge on any atom is -0.392 e. The maximum Gasteiger partial charge on any atom is 0.0642 e. The van der Waals surface area contributed by atoms with Crippen molar-refractivity contribution in [2.24, 2.45) is 0 Å². The van der Waals surface area contributed by atoms with E-state index in [1.54, 1.807) is 6.08 Å². The van der Waals surface area contributed by atoms with Crippen LogP contribution in [0.25, 0.3) is 0 Å². The molecular formula is C15H22O2. The van der Waals surface area contributed by atoms with E-state index in [0.717, 1.165) is 16.7 Å². The van der Waals surface area contributed by atoms with Crippen molar-refractivity contribution in [2.75, 3.05) is 13.2 Å². The summed E-state index contributed by atoms with van der Waals surface area (Å²) in [6, 6.07) is 0. The van der Waals surface area contributed by atoms with Crippen molar-refractivity contribution in [3.8, 4) is 0 Å². The number of aliphatic hydroxyl groups is 2. The Balaban J connectivity index is 4.36. The number of rotatable bonds is 6. The van der Waals surface area contributed by atoms with Crippen LogP contribution in [0.1, 0.15) is 20.8 Å². The summed E-state index contributed by atoms with van der Waals surface area (Å²) in [5.41, 5.74) is 3.14. The number of aliphatic hydroxyl groups excluding tert-OH is 2. The van der Waals surface area contributed by atoms with Crippen LogP contribution in [-0.4, -0.2) is 23.4 Å². The number of allylic oxidation sites excluding steroid dienone is 8. The third-order valence-corrected chi connectivity index (χ3v) is 2.04. The summed E-state index contributed by atoms with van der Waals surface area (Å²) in [6.45, 7) is 6.03. The van der Waals surface area contributed by atoms with Gasteiger partial charge in [0.2, 0.25) is 0 Å². The molecule has 0 aliphatic rings. The van der Waals surface area contributed by atoms with Gasteiger partial charge in [-0.05, 0) is 26.3 Å². The van der Waals surface area contributed by atoms with Crippen molar-refractivity contribution in [1.82, 2.24) is 0 Å². The van der Waals surface area contributed by atoms with Crippen LogP contribution in [0.5, 0.6) is 0 Å². The molecule has 17 heavy (non-hydrogen) atoms. The Kier molecular flexibility index (Phi) is 9.02. The molecule has 94 valence electrons. The maximum absolute atomic E-state index is 8.86. The standard InChI is InChI=1S/C15H22O2/c1-13(9-6-10-16)7-4-5-8-14(2)11-15(3)12-17/h4-9,11,16-17H,10,12H2,1-3H3/b5-4+,9-6+,13-7+,14-8+,15-11+. The van der Waals surface area contributed by atoms with E-state index in [1.165, 1.54) is 0 Å². The highest BCUT2D eigenvalue weighted by atomic mass is 16.3. The van der Waals surface area contributed by atoms with Crippen LogP contribution < -0.4 is 0 Å². The van der Waals surface area contributed by atoms with Gasteiger partial charge in [-0.1, -0.05) is 53.7 Å². The third-order valence-electron chi connectivity index (χ3n) is 2.04. The fraction of sp³-hybridized carbons (Fsp3) is 0.333. The molecule has 0 aromatic heterocycles. The van der Waals surface area contributed by atoms with Gasteiger partial charge in [0.05, 0.1) is 13.2 Å². The first-order valence-electron chi connectivity index (χ1n) is 5.67. The summed E-state index contributed by atoms with van der Waals surface area (Å²) >= 11 is 0. The van der Waals surface area contributed by atoms with Gasteiger partial charge >= 0.3 is 0 Å². The topological polar surface area (TPSA) is 40.5 Å². The van der Waals surface area contributed by atoms with Crippen molar-refractivity contribution in [2.45, 2.75) is 20.8 Å². The van der Waals surface area contributed by atoms with Gasteiger partial charge in [0, 0.05) is 0 Å². The molecule has 0 heterocycles. The van der Waals surface area contributed by atoms with E-state index >= 15 is 0 Å². The SMILES string of the molecule is CC(/C=C/CO)=C\C=C\C=C(C)\C=C(/C)CO. The van der Waals surface area contributed by atoms with E-state index in [0.29, 0.717) is 0 Å². The Bertz CT molecular complexity index is 355. The zero-order chi connectivity index (χ0) is 13.1. The summed E-state index contributed by atoms with van der Waals surface area (Å²) in [7, 11) is 0. The fourth-order valence-electron chi connectivity index (χ4n) is 1.19.